The molecule has 2 aliphatic carbocycles. The van der Waals surface area contributed by atoms with E-state index in [4.69, 9.17) is 4.74 Å². The molecule has 0 aromatic carbocycles. The number of aliphatic hydroxyl groups is 1. The molecule has 3 aliphatic rings. The second-order valence-electron chi connectivity index (χ2n) is 9.09. The molecule has 2 heterocycles. The molecule has 28 heavy (non-hydrogen) atoms. The maximum atomic E-state index is 13.0. The molecule has 1 amide bonds. The minimum atomic E-state index is -4.50. The topological polar surface area (TPSA) is 62.7 Å². The van der Waals surface area contributed by atoms with Gasteiger partial charge in [0.1, 0.15) is 6.10 Å². The van der Waals surface area contributed by atoms with Gasteiger partial charge in [-0.1, -0.05) is 6.07 Å². The molecule has 1 N–H and O–H groups in total. The van der Waals surface area contributed by atoms with E-state index < -0.39 is 17.5 Å². The fourth-order valence-electron chi connectivity index (χ4n) is 4.93. The summed E-state index contributed by atoms with van der Waals surface area (Å²) in [6.45, 7) is 4.46. The van der Waals surface area contributed by atoms with Gasteiger partial charge >= 0.3 is 6.18 Å². The summed E-state index contributed by atoms with van der Waals surface area (Å²) in [6.07, 6.45) is -1.29. The molecule has 1 aromatic rings. The van der Waals surface area contributed by atoms with E-state index in [-0.39, 0.29) is 34.8 Å². The number of amides is 1. The van der Waals surface area contributed by atoms with E-state index in [0.717, 1.165) is 19.3 Å². The smallest absolute Gasteiger partial charge is 0.433 e. The van der Waals surface area contributed by atoms with E-state index in [1.54, 1.807) is 6.92 Å². The fraction of sp³-hybridized carbons (Fsp3) is 0.700. The molecule has 1 aliphatic heterocycles. The number of ether oxygens (including phenoxy) is 1. The normalized spacial score (nSPS) is 31.4. The number of carbonyl (C=O) groups excluding carboxylic acids is 1. The molecular weight excluding hydrogens is 373 g/mol. The number of nitrogens with zero attached hydrogens (tertiary/aromatic N) is 2. The van der Waals surface area contributed by atoms with Gasteiger partial charge in [-0.15, -0.1) is 0 Å². The molecule has 1 atom stereocenters. The average Bonchev–Trinajstić information content (AvgIpc) is 2.95. The van der Waals surface area contributed by atoms with Crippen molar-refractivity contribution >= 4 is 5.91 Å². The van der Waals surface area contributed by atoms with Crippen LogP contribution in [-0.2, 0) is 11.0 Å². The zero-order valence-corrected chi connectivity index (χ0v) is 16.1. The maximum Gasteiger partial charge on any atom is 0.433 e. The van der Waals surface area contributed by atoms with E-state index in [1.165, 1.54) is 19.1 Å². The number of pyridine rings is 1. The van der Waals surface area contributed by atoms with Crippen LogP contribution in [0.2, 0.25) is 0 Å². The number of hydrogen-bond donors (Lipinski definition) is 1. The van der Waals surface area contributed by atoms with Crippen molar-refractivity contribution in [3.05, 3.63) is 23.4 Å². The number of halogens is 3. The van der Waals surface area contributed by atoms with Gasteiger partial charge in [0.25, 0.3) is 0 Å². The van der Waals surface area contributed by atoms with Gasteiger partial charge in [-0.3, -0.25) is 4.79 Å². The van der Waals surface area contributed by atoms with Crippen LogP contribution < -0.4 is 4.74 Å². The average molecular weight is 398 g/mol. The quantitative estimate of drug-likeness (QED) is 0.849. The highest BCUT2D eigenvalue weighted by atomic mass is 19.4. The van der Waals surface area contributed by atoms with Crippen molar-refractivity contribution in [2.45, 2.75) is 63.8 Å². The van der Waals surface area contributed by atoms with E-state index in [0.29, 0.717) is 25.9 Å². The molecule has 2 saturated carbocycles. The number of rotatable bonds is 3. The van der Waals surface area contributed by atoms with Gasteiger partial charge in [-0.25, -0.2) is 4.98 Å². The monoisotopic (exact) mass is 398 g/mol. The molecule has 0 unspecified atom stereocenters. The predicted molar refractivity (Wildman–Crippen MR) is 94.6 cm³/mol. The lowest BCUT2D eigenvalue weighted by atomic mass is 9.70. The van der Waals surface area contributed by atoms with Gasteiger partial charge < -0.3 is 14.7 Å². The minimum Gasteiger partial charge on any atom is -0.474 e. The summed E-state index contributed by atoms with van der Waals surface area (Å²) in [6, 6.07) is 2.86. The van der Waals surface area contributed by atoms with E-state index in [1.807, 2.05) is 4.90 Å². The highest BCUT2D eigenvalue weighted by Crippen LogP contribution is 2.48. The highest BCUT2D eigenvalue weighted by Gasteiger charge is 2.53. The van der Waals surface area contributed by atoms with Crippen molar-refractivity contribution in [2.24, 2.45) is 11.3 Å². The first kappa shape index (κ1) is 19.5. The summed E-state index contributed by atoms with van der Waals surface area (Å²) >= 11 is 0. The van der Waals surface area contributed by atoms with Gasteiger partial charge in [-0.2, -0.15) is 13.2 Å². The Morgan fingerprint density at radius 2 is 1.96 bits per heavy atom. The van der Waals surface area contributed by atoms with Crippen molar-refractivity contribution in [3.63, 3.8) is 0 Å². The lowest BCUT2D eigenvalue weighted by Crippen LogP contribution is -2.61. The Hall–Kier alpha value is -1.83. The molecule has 4 rings (SSSR count). The molecule has 154 valence electrons. The van der Waals surface area contributed by atoms with Crippen molar-refractivity contribution < 1.29 is 27.8 Å². The summed E-state index contributed by atoms with van der Waals surface area (Å²) in [5, 5.41) is 9.81. The first-order valence-electron chi connectivity index (χ1n) is 9.69. The molecule has 8 heteroatoms. The van der Waals surface area contributed by atoms with Crippen LogP contribution in [0, 0.1) is 18.3 Å². The molecule has 1 aromatic heterocycles. The van der Waals surface area contributed by atoms with E-state index >= 15 is 0 Å². The Morgan fingerprint density at radius 1 is 1.29 bits per heavy atom. The van der Waals surface area contributed by atoms with Gasteiger partial charge in [-0.05, 0) is 51.5 Å². The molecule has 0 bridgehead atoms. The largest absolute Gasteiger partial charge is 0.474 e. The third-order valence-corrected chi connectivity index (χ3v) is 6.37. The molecule has 0 radical (unpaired) electrons. The SMILES string of the molecule is Cc1ccc(O[C@@H]2CCC3(C2)CN(C(=O)C2CC(C)(O)C2)C3)nc1C(F)(F)F. The van der Waals surface area contributed by atoms with E-state index in [2.05, 4.69) is 4.98 Å². The number of hydrogen-bond acceptors (Lipinski definition) is 4. The molecule has 1 spiro atoms. The summed E-state index contributed by atoms with van der Waals surface area (Å²) in [7, 11) is 0. The molecule has 5 nitrogen and oxygen atoms in total. The van der Waals surface area contributed by atoms with Crippen LogP contribution >= 0.6 is 0 Å². The third kappa shape index (κ3) is 3.58. The number of aromatic nitrogens is 1. The van der Waals surface area contributed by atoms with Crippen LogP contribution in [0.3, 0.4) is 0 Å². The lowest BCUT2D eigenvalue weighted by Gasteiger charge is -2.51. The highest BCUT2D eigenvalue weighted by molar-refractivity contribution is 5.81. The van der Waals surface area contributed by atoms with Crippen molar-refractivity contribution in [3.8, 4) is 5.88 Å². The van der Waals surface area contributed by atoms with Gasteiger partial charge in [0.05, 0.1) is 5.60 Å². The zero-order valence-electron chi connectivity index (χ0n) is 16.1. The summed E-state index contributed by atoms with van der Waals surface area (Å²) in [5.74, 6) is 0.0267. The van der Waals surface area contributed by atoms with Crippen LogP contribution in [0.1, 0.15) is 50.3 Å². The Labute approximate surface area is 161 Å². The summed E-state index contributed by atoms with van der Waals surface area (Å²) in [4.78, 5) is 17.9. The maximum absolute atomic E-state index is 13.0. The standard InChI is InChI=1S/C20H25F3N2O3/c1-12-3-4-15(24-16(12)20(21,22)23)28-14-5-6-19(9-14)10-25(11-19)17(26)13-7-18(2,27)8-13/h3-4,13-14,27H,5-11H2,1-2H3/t13?,14-,18?/m1/s1. The lowest BCUT2D eigenvalue weighted by molar-refractivity contribution is -0.161. The van der Waals surface area contributed by atoms with Crippen LogP contribution in [-0.4, -0.2) is 45.7 Å². The third-order valence-electron chi connectivity index (χ3n) is 6.37. The first-order chi connectivity index (χ1) is 13.0. The van der Waals surface area contributed by atoms with Gasteiger partial charge in [0, 0.05) is 30.5 Å². The number of carbonyl (C=O) groups is 1. The molecule has 1 saturated heterocycles. The second kappa shape index (κ2) is 6.34. The van der Waals surface area contributed by atoms with Crippen LogP contribution in [0.4, 0.5) is 13.2 Å². The molecular formula is C20H25F3N2O3. The number of aryl methyl sites for hydroxylation is 1. The zero-order chi connectivity index (χ0) is 20.3. The summed E-state index contributed by atoms with van der Waals surface area (Å²) in [5.41, 5.74) is -1.55. The Bertz CT molecular complexity index is 779. The molecule has 3 fully saturated rings. The van der Waals surface area contributed by atoms with Crippen LogP contribution in [0.15, 0.2) is 12.1 Å². The van der Waals surface area contributed by atoms with Crippen LogP contribution in [0.25, 0.3) is 0 Å². The minimum absolute atomic E-state index is 0.00364. The number of alkyl halides is 3. The van der Waals surface area contributed by atoms with E-state index in [9.17, 15) is 23.1 Å². The van der Waals surface area contributed by atoms with Gasteiger partial charge in [0.2, 0.25) is 11.8 Å². The predicted octanol–water partition coefficient (Wildman–Crippen LogP) is 3.33. The van der Waals surface area contributed by atoms with Crippen molar-refractivity contribution in [2.75, 3.05) is 13.1 Å². The number of likely N-dealkylation sites (tertiary alicyclic amines) is 1. The van der Waals surface area contributed by atoms with Gasteiger partial charge in [0.15, 0.2) is 5.69 Å². The Morgan fingerprint density at radius 3 is 2.57 bits per heavy atom. The van der Waals surface area contributed by atoms with Crippen LogP contribution in [0.5, 0.6) is 5.88 Å². The van der Waals surface area contributed by atoms with Crippen molar-refractivity contribution in [1.82, 2.24) is 9.88 Å². The summed E-state index contributed by atoms with van der Waals surface area (Å²) < 4.78 is 44.8. The second-order valence-corrected chi connectivity index (χ2v) is 9.09. The fourth-order valence-corrected chi connectivity index (χ4v) is 4.93. The van der Waals surface area contributed by atoms with Crippen molar-refractivity contribution in [1.29, 1.82) is 0 Å². The Kier molecular flexibility index (Phi) is 4.41. The Balaban J connectivity index is 1.32. The first-order valence-corrected chi connectivity index (χ1v) is 9.69.